The highest BCUT2D eigenvalue weighted by atomic mass is 32.1. The molecule has 1 N–H and O–H groups in total. The van der Waals surface area contributed by atoms with E-state index in [9.17, 15) is 9.59 Å². The van der Waals surface area contributed by atoms with Crippen LogP contribution in [-0.2, 0) is 4.79 Å². The van der Waals surface area contributed by atoms with Gasteiger partial charge < -0.3 is 10.2 Å². The van der Waals surface area contributed by atoms with Crippen LogP contribution < -0.4 is 5.32 Å². The first kappa shape index (κ1) is 12.8. The number of nitrogens with zero attached hydrogens (tertiary/aromatic N) is 1. The van der Waals surface area contributed by atoms with Crippen LogP contribution in [0.5, 0.6) is 0 Å². The number of nitrogens with one attached hydrogen (secondary N) is 1. The fourth-order valence-corrected chi connectivity index (χ4v) is 3.69. The molecule has 1 aromatic rings. The first-order valence-electron chi connectivity index (χ1n) is 6.79. The second-order valence-electron chi connectivity index (χ2n) is 5.38. The molecular weight excluding hydrogens is 260 g/mol. The van der Waals surface area contributed by atoms with Gasteiger partial charge in [-0.05, 0) is 23.3 Å². The number of carbonyl (C=O) groups excluding carboxylic acids is 2. The second kappa shape index (κ2) is 5.43. The van der Waals surface area contributed by atoms with Crippen LogP contribution in [0.3, 0.4) is 0 Å². The van der Waals surface area contributed by atoms with E-state index in [0.29, 0.717) is 24.7 Å². The minimum absolute atomic E-state index is 0.0874. The van der Waals surface area contributed by atoms with Crippen LogP contribution in [0.2, 0.25) is 0 Å². The van der Waals surface area contributed by atoms with Crippen LogP contribution in [0.15, 0.2) is 17.5 Å². The molecule has 4 nitrogen and oxygen atoms in total. The molecule has 3 rings (SSSR count). The molecule has 1 aromatic heterocycles. The smallest absolute Gasteiger partial charge is 0.223 e. The van der Waals surface area contributed by atoms with Gasteiger partial charge in [0.1, 0.15) is 0 Å². The van der Waals surface area contributed by atoms with Crippen LogP contribution in [0.4, 0.5) is 0 Å². The Hall–Kier alpha value is -1.20. The van der Waals surface area contributed by atoms with Gasteiger partial charge in [-0.3, -0.25) is 9.59 Å². The number of fused-ring (bicyclic) bond motifs is 1. The zero-order valence-corrected chi connectivity index (χ0v) is 11.6. The normalized spacial score (nSPS) is 25.6. The summed E-state index contributed by atoms with van der Waals surface area (Å²) in [5.41, 5.74) is 0. The molecule has 102 valence electrons. The Balaban J connectivity index is 1.48. The van der Waals surface area contributed by atoms with Gasteiger partial charge in [0.2, 0.25) is 5.91 Å². The first-order valence-corrected chi connectivity index (χ1v) is 7.67. The largest absolute Gasteiger partial charge is 0.342 e. The molecule has 0 unspecified atom stereocenters. The number of carbonyl (C=O) groups is 2. The molecule has 0 spiro atoms. The number of likely N-dealkylation sites (tertiary alicyclic amines) is 1. The average molecular weight is 278 g/mol. The Morgan fingerprint density at radius 3 is 2.63 bits per heavy atom. The summed E-state index contributed by atoms with van der Waals surface area (Å²) < 4.78 is 0. The van der Waals surface area contributed by atoms with E-state index in [1.54, 1.807) is 0 Å². The molecular formula is C14H18N2O2S. The Morgan fingerprint density at radius 1 is 1.26 bits per heavy atom. The van der Waals surface area contributed by atoms with E-state index < -0.39 is 0 Å². The maximum atomic E-state index is 12.1. The van der Waals surface area contributed by atoms with Crippen molar-refractivity contribution in [3.8, 4) is 0 Å². The minimum Gasteiger partial charge on any atom is -0.342 e. The van der Waals surface area contributed by atoms with Crippen molar-refractivity contribution in [3.05, 3.63) is 22.4 Å². The fourth-order valence-electron chi connectivity index (χ4n) is 3.00. The van der Waals surface area contributed by atoms with Crippen molar-refractivity contribution in [1.82, 2.24) is 10.2 Å². The van der Waals surface area contributed by atoms with Gasteiger partial charge in [-0.15, -0.1) is 11.3 Å². The molecule has 19 heavy (non-hydrogen) atoms. The molecule has 0 aromatic carbocycles. The molecule has 1 amide bonds. The lowest BCUT2D eigenvalue weighted by Crippen LogP contribution is -2.32. The SMILES string of the molecule is O=C(CCC(=O)N1C[C@H]2CNC[C@H]2C1)c1cccs1. The molecule has 2 saturated heterocycles. The van der Waals surface area contributed by atoms with Crippen molar-refractivity contribution in [2.24, 2.45) is 11.8 Å². The van der Waals surface area contributed by atoms with E-state index in [4.69, 9.17) is 0 Å². The average Bonchev–Trinajstić information content (AvgIpc) is 3.09. The van der Waals surface area contributed by atoms with E-state index in [1.165, 1.54) is 11.3 Å². The summed E-state index contributed by atoms with van der Waals surface area (Å²) >= 11 is 1.45. The third-order valence-electron chi connectivity index (χ3n) is 4.10. The highest BCUT2D eigenvalue weighted by Gasteiger charge is 2.37. The van der Waals surface area contributed by atoms with E-state index in [1.807, 2.05) is 22.4 Å². The summed E-state index contributed by atoms with van der Waals surface area (Å²) in [6.45, 7) is 3.79. The Morgan fingerprint density at radius 2 is 2.00 bits per heavy atom. The summed E-state index contributed by atoms with van der Waals surface area (Å²) in [4.78, 5) is 26.7. The second-order valence-corrected chi connectivity index (χ2v) is 6.33. The number of rotatable bonds is 4. The van der Waals surface area contributed by atoms with Gasteiger partial charge in [-0.25, -0.2) is 0 Å². The van der Waals surface area contributed by atoms with Crippen molar-refractivity contribution < 1.29 is 9.59 Å². The fraction of sp³-hybridized carbons (Fsp3) is 0.571. The molecule has 2 atom stereocenters. The van der Waals surface area contributed by atoms with E-state index in [-0.39, 0.29) is 11.7 Å². The van der Waals surface area contributed by atoms with Crippen LogP contribution >= 0.6 is 11.3 Å². The van der Waals surface area contributed by atoms with Crippen molar-refractivity contribution in [2.75, 3.05) is 26.2 Å². The van der Waals surface area contributed by atoms with Crippen LogP contribution in [0, 0.1) is 11.8 Å². The summed E-state index contributed by atoms with van der Waals surface area (Å²) in [6.07, 6.45) is 0.688. The highest BCUT2D eigenvalue weighted by Crippen LogP contribution is 2.26. The number of amides is 1. The molecule has 0 radical (unpaired) electrons. The van der Waals surface area contributed by atoms with Crippen LogP contribution in [0.25, 0.3) is 0 Å². The lowest BCUT2D eigenvalue weighted by Gasteiger charge is -2.17. The predicted octanol–water partition coefficient (Wildman–Crippen LogP) is 1.39. The molecule has 2 aliphatic heterocycles. The van der Waals surface area contributed by atoms with Gasteiger partial charge in [0, 0.05) is 39.0 Å². The molecule has 0 saturated carbocycles. The van der Waals surface area contributed by atoms with Gasteiger partial charge in [-0.2, -0.15) is 0 Å². The lowest BCUT2D eigenvalue weighted by atomic mass is 10.0. The number of ketones is 1. The summed E-state index contributed by atoms with van der Waals surface area (Å²) in [5.74, 6) is 1.47. The Labute approximate surface area is 116 Å². The number of hydrogen-bond acceptors (Lipinski definition) is 4. The first-order chi connectivity index (χ1) is 9.24. The van der Waals surface area contributed by atoms with E-state index in [2.05, 4.69) is 5.32 Å². The number of thiophene rings is 1. The minimum atomic E-state index is 0.0874. The van der Waals surface area contributed by atoms with E-state index in [0.717, 1.165) is 31.1 Å². The van der Waals surface area contributed by atoms with Gasteiger partial charge in [-0.1, -0.05) is 6.07 Å². The Bertz CT molecular complexity index is 460. The molecule has 0 bridgehead atoms. The van der Waals surface area contributed by atoms with Gasteiger partial charge in [0.15, 0.2) is 5.78 Å². The van der Waals surface area contributed by atoms with Gasteiger partial charge in [0.25, 0.3) is 0 Å². The molecule has 5 heteroatoms. The Kier molecular flexibility index (Phi) is 3.66. The lowest BCUT2D eigenvalue weighted by molar-refractivity contribution is -0.130. The highest BCUT2D eigenvalue weighted by molar-refractivity contribution is 7.12. The van der Waals surface area contributed by atoms with Crippen molar-refractivity contribution >= 4 is 23.0 Å². The van der Waals surface area contributed by atoms with Gasteiger partial charge in [0.05, 0.1) is 4.88 Å². The molecule has 2 aliphatic rings. The topological polar surface area (TPSA) is 49.4 Å². The third kappa shape index (κ3) is 2.72. The van der Waals surface area contributed by atoms with E-state index >= 15 is 0 Å². The summed E-state index contributed by atoms with van der Waals surface area (Å²) in [7, 11) is 0. The standard InChI is InChI=1S/C14H18N2O2S/c17-12(13-2-1-5-19-13)3-4-14(18)16-8-10-6-15-7-11(10)9-16/h1-2,5,10-11,15H,3-4,6-9H2/t10-,11+. The maximum absolute atomic E-state index is 12.1. The van der Waals surface area contributed by atoms with Crippen LogP contribution in [0.1, 0.15) is 22.5 Å². The summed E-state index contributed by atoms with van der Waals surface area (Å²) in [6, 6.07) is 3.69. The van der Waals surface area contributed by atoms with Gasteiger partial charge >= 0.3 is 0 Å². The monoisotopic (exact) mass is 278 g/mol. The zero-order chi connectivity index (χ0) is 13.2. The molecule has 0 aliphatic carbocycles. The number of Topliss-reactive ketones (excluding diaryl/α,β-unsaturated/α-hetero) is 1. The third-order valence-corrected chi connectivity index (χ3v) is 5.02. The summed E-state index contributed by atoms with van der Waals surface area (Å²) in [5, 5.41) is 5.25. The number of hydrogen-bond donors (Lipinski definition) is 1. The quantitative estimate of drug-likeness (QED) is 0.847. The van der Waals surface area contributed by atoms with Crippen molar-refractivity contribution in [3.63, 3.8) is 0 Å². The van der Waals surface area contributed by atoms with Crippen LogP contribution in [-0.4, -0.2) is 42.8 Å². The molecule has 3 heterocycles. The predicted molar refractivity (Wildman–Crippen MR) is 74.3 cm³/mol. The zero-order valence-electron chi connectivity index (χ0n) is 10.8. The van der Waals surface area contributed by atoms with Crippen molar-refractivity contribution in [2.45, 2.75) is 12.8 Å². The van der Waals surface area contributed by atoms with Crippen molar-refractivity contribution in [1.29, 1.82) is 0 Å². The molecule has 2 fully saturated rings. The maximum Gasteiger partial charge on any atom is 0.223 e.